The number of piperidine rings is 1. The summed E-state index contributed by atoms with van der Waals surface area (Å²) in [7, 11) is -3.32. The van der Waals surface area contributed by atoms with E-state index in [0.717, 1.165) is 36.0 Å². The maximum Gasteiger partial charge on any atom is 0.226 e. The molecule has 1 unspecified atom stereocenters. The third kappa shape index (κ3) is 4.91. The average molecular weight is 453 g/mol. The van der Waals surface area contributed by atoms with Gasteiger partial charge in [-0.1, -0.05) is 29.8 Å². The second-order valence-electron chi connectivity index (χ2n) is 8.55. The first kappa shape index (κ1) is 22.2. The van der Waals surface area contributed by atoms with E-state index in [1.54, 1.807) is 18.2 Å². The van der Waals surface area contributed by atoms with Crippen LogP contribution in [-0.4, -0.2) is 43.6 Å². The lowest BCUT2D eigenvalue weighted by atomic mass is 9.97. The van der Waals surface area contributed by atoms with Crippen molar-refractivity contribution in [3.63, 3.8) is 0 Å². The number of hydrogen-bond acceptors (Lipinski definition) is 6. The van der Waals surface area contributed by atoms with Gasteiger partial charge in [-0.2, -0.15) is 0 Å². The van der Waals surface area contributed by atoms with Crippen molar-refractivity contribution in [3.8, 4) is 0 Å². The van der Waals surface area contributed by atoms with Crippen LogP contribution in [0.5, 0.6) is 0 Å². The predicted octanol–water partition coefficient (Wildman–Crippen LogP) is 3.18. The fraction of sp³-hybridized carbons (Fsp3) is 0.375. The molecule has 1 N–H and O–H groups in total. The van der Waals surface area contributed by atoms with Crippen LogP contribution < -0.4 is 10.2 Å². The van der Waals surface area contributed by atoms with Gasteiger partial charge < -0.3 is 10.2 Å². The molecule has 1 aliphatic rings. The van der Waals surface area contributed by atoms with Gasteiger partial charge in [0.25, 0.3) is 0 Å². The molecule has 32 heavy (non-hydrogen) atoms. The highest BCUT2D eigenvalue weighted by Crippen LogP contribution is 2.25. The second kappa shape index (κ2) is 8.86. The lowest BCUT2D eigenvalue weighted by molar-refractivity contribution is -0.125. The fourth-order valence-corrected chi connectivity index (χ4v) is 4.68. The molecule has 0 saturated carbocycles. The molecule has 2 heterocycles. The lowest BCUT2D eigenvalue weighted by Crippen LogP contribution is -2.43. The van der Waals surface area contributed by atoms with E-state index < -0.39 is 9.84 Å². The summed E-state index contributed by atoms with van der Waals surface area (Å²) in [5.74, 6) is 0.431. The van der Waals surface area contributed by atoms with Gasteiger partial charge in [0.2, 0.25) is 11.9 Å². The third-order valence-electron chi connectivity index (χ3n) is 5.94. The van der Waals surface area contributed by atoms with E-state index in [2.05, 4.69) is 15.3 Å². The number of benzene rings is 2. The van der Waals surface area contributed by atoms with E-state index in [4.69, 9.17) is 0 Å². The molecule has 1 amide bonds. The summed E-state index contributed by atoms with van der Waals surface area (Å²) in [5, 5.41) is 3.88. The Balaban J connectivity index is 1.50. The first-order chi connectivity index (χ1) is 15.2. The fourth-order valence-electron chi connectivity index (χ4n) is 4.04. The molecule has 168 valence electrons. The Morgan fingerprint density at radius 2 is 1.88 bits per heavy atom. The summed E-state index contributed by atoms with van der Waals surface area (Å²) >= 11 is 0. The minimum atomic E-state index is -3.32. The van der Waals surface area contributed by atoms with E-state index in [1.807, 2.05) is 43.0 Å². The number of nitrogens with zero attached hydrogens (tertiary/aromatic N) is 3. The monoisotopic (exact) mass is 452 g/mol. The summed E-state index contributed by atoms with van der Waals surface area (Å²) in [6.45, 7) is 5.74. The number of nitrogens with one attached hydrogen (secondary N) is 1. The van der Waals surface area contributed by atoms with E-state index >= 15 is 0 Å². The molecule has 8 heteroatoms. The predicted molar refractivity (Wildman–Crippen MR) is 125 cm³/mol. The number of aromatic nitrogens is 2. The van der Waals surface area contributed by atoms with Gasteiger partial charge in [-0.25, -0.2) is 18.4 Å². The molecule has 3 aromatic rings. The van der Waals surface area contributed by atoms with Crippen LogP contribution in [0, 0.1) is 19.8 Å². The van der Waals surface area contributed by atoms with Gasteiger partial charge in [-0.3, -0.25) is 4.79 Å². The third-order valence-corrected chi connectivity index (χ3v) is 7.05. The number of hydrogen-bond donors (Lipinski definition) is 1. The Hall–Kier alpha value is -3.00. The molecule has 1 atom stereocenters. The van der Waals surface area contributed by atoms with Crippen LogP contribution >= 0.6 is 0 Å². The minimum absolute atomic E-state index is 0.0344. The van der Waals surface area contributed by atoms with Crippen molar-refractivity contribution in [3.05, 3.63) is 59.3 Å². The van der Waals surface area contributed by atoms with Gasteiger partial charge in [-0.15, -0.1) is 0 Å². The summed E-state index contributed by atoms with van der Waals surface area (Å²) in [6, 6.07) is 13.1. The molecular weight excluding hydrogens is 424 g/mol. The number of amides is 1. The average Bonchev–Trinajstić information content (AvgIpc) is 2.77. The van der Waals surface area contributed by atoms with Crippen LogP contribution in [0.1, 0.15) is 29.7 Å². The largest absolute Gasteiger partial charge is 0.352 e. The van der Waals surface area contributed by atoms with Crippen molar-refractivity contribution in [2.24, 2.45) is 5.92 Å². The molecule has 7 nitrogen and oxygen atoms in total. The van der Waals surface area contributed by atoms with Gasteiger partial charge in [0, 0.05) is 31.3 Å². The van der Waals surface area contributed by atoms with Gasteiger partial charge in [0.15, 0.2) is 9.84 Å². The van der Waals surface area contributed by atoms with Crippen molar-refractivity contribution < 1.29 is 13.2 Å². The maximum atomic E-state index is 12.8. The number of carbonyl (C=O) groups excluding carboxylic acids is 1. The van der Waals surface area contributed by atoms with Crippen molar-refractivity contribution in [1.29, 1.82) is 0 Å². The zero-order valence-corrected chi connectivity index (χ0v) is 19.4. The molecule has 0 bridgehead atoms. The van der Waals surface area contributed by atoms with Gasteiger partial charge in [0.1, 0.15) is 0 Å². The van der Waals surface area contributed by atoms with Crippen LogP contribution in [0.3, 0.4) is 0 Å². The van der Waals surface area contributed by atoms with Crippen molar-refractivity contribution >= 4 is 32.6 Å². The van der Waals surface area contributed by atoms with Crippen molar-refractivity contribution in [2.45, 2.75) is 38.1 Å². The molecule has 0 radical (unpaired) electrons. The Labute approximate surface area is 188 Å². The number of fused-ring (bicyclic) bond motifs is 1. The molecule has 0 aliphatic carbocycles. The number of rotatable bonds is 5. The van der Waals surface area contributed by atoms with Crippen molar-refractivity contribution in [2.75, 3.05) is 24.2 Å². The first-order valence-electron chi connectivity index (χ1n) is 10.8. The number of anilines is 1. The highest BCUT2D eigenvalue weighted by Gasteiger charge is 2.27. The molecular formula is C24H28N4O3S. The van der Waals surface area contributed by atoms with Crippen LogP contribution in [0.25, 0.3) is 10.9 Å². The number of sulfone groups is 1. The van der Waals surface area contributed by atoms with Gasteiger partial charge >= 0.3 is 0 Å². The molecule has 4 rings (SSSR count). The van der Waals surface area contributed by atoms with Crippen molar-refractivity contribution in [1.82, 2.24) is 15.3 Å². The van der Waals surface area contributed by atoms with Crippen LogP contribution in [0.2, 0.25) is 0 Å². The topological polar surface area (TPSA) is 92.3 Å². The van der Waals surface area contributed by atoms with Crippen LogP contribution in [0.15, 0.2) is 47.4 Å². The molecule has 1 aromatic heterocycles. The van der Waals surface area contributed by atoms with Gasteiger partial charge in [-0.05, 0) is 50.5 Å². The Morgan fingerprint density at radius 1 is 1.12 bits per heavy atom. The van der Waals surface area contributed by atoms with E-state index in [9.17, 15) is 13.2 Å². The smallest absolute Gasteiger partial charge is 0.226 e. The van der Waals surface area contributed by atoms with Crippen LogP contribution in [-0.2, 0) is 21.2 Å². The quantitative estimate of drug-likeness (QED) is 0.639. The van der Waals surface area contributed by atoms with Gasteiger partial charge in [0.05, 0.1) is 22.0 Å². The Bertz CT molecular complexity index is 1260. The summed E-state index contributed by atoms with van der Waals surface area (Å²) < 4.78 is 23.9. The Kier molecular flexibility index (Phi) is 6.15. The molecule has 2 aromatic carbocycles. The first-order valence-corrected chi connectivity index (χ1v) is 12.7. The zero-order valence-electron chi connectivity index (χ0n) is 18.6. The molecule has 1 fully saturated rings. The lowest BCUT2D eigenvalue weighted by Gasteiger charge is -2.32. The zero-order chi connectivity index (χ0) is 22.9. The summed E-state index contributed by atoms with van der Waals surface area (Å²) in [4.78, 5) is 24.4. The molecule has 1 aliphatic heterocycles. The molecule has 1 saturated heterocycles. The SMILES string of the molecule is Cc1ccc(CNC(=O)C2CCCN(c3nc(C)c4ccc(S(C)(=O)=O)cc4n3)C2)cc1. The van der Waals surface area contributed by atoms with E-state index in [1.165, 1.54) is 11.8 Å². The number of aryl methyl sites for hydroxylation is 2. The maximum absolute atomic E-state index is 12.8. The van der Waals surface area contributed by atoms with Crippen LogP contribution in [0.4, 0.5) is 5.95 Å². The van der Waals surface area contributed by atoms with E-state index in [-0.39, 0.29) is 16.7 Å². The molecule has 0 spiro atoms. The second-order valence-corrected chi connectivity index (χ2v) is 10.6. The highest BCUT2D eigenvalue weighted by molar-refractivity contribution is 7.90. The summed E-state index contributed by atoms with van der Waals surface area (Å²) in [6.07, 6.45) is 2.88. The number of carbonyl (C=O) groups is 1. The normalized spacial score (nSPS) is 16.8. The van der Waals surface area contributed by atoms with E-state index in [0.29, 0.717) is 24.6 Å². The summed E-state index contributed by atoms with van der Waals surface area (Å²) in [5.41, 5.74) is 3.65. The minimum Gasteiger partial charge on any atom is -0.352 e. The highest BCUT2D eigenvalue weighted by atomic mass is 32.2. The Morgan fingerprint density at radius 3 is 2.59 bits per heavy atom. The standard InChI is InChI=1S/C24H28N4O3S/c1-16-6-8-18(9-7-16)14-25-23(29)19-5-4-12-28(15-19)24-26-17(2)21-11-10-20(32(3,30)31)13-22(21)27-24/h6-11,13,19H,4-5,12,14-15H2,1-3H3,(H,25,29).